The second-order valence-corrected chi connectivity index (χ2v) is 4.91. The van der Waals surface area contributed by atoms with Gasteiger partial charge in [0.2, 0.25) is 0 Å². The molecule has 1 aliphatic heterocycles. The molecule has 1 heterocycles. The van der Waals surface area contributed by atoms with E-state index < -0.39 is 5.97 Å². The summed E-state index contributed by atoms with van der Waals surface area (Å²) in [6, 6.07) is 0. The Kier molecular flexibility index (Phi) is 2.96. The van der Waals surface area contributed by atoms with Crippen molar-refractivity contribution < 1.29 is 9.90 Å². The highest BCUT2D eigenvalue weighted by Gasteiger charge is 2.37. The Morgan fingerprint density at radius 1 is 1.46 bits per heavy atom. The molecule has 0 aromatic carbocycles. The largest absolute Gasteiger partial charge is 0.481 e. The van der Waals surface area contributed by atoms with E-state index in [0.29, 0.717) is 0 Å². The number of carboxylic acid groups (broad SMARTS) is 1. The Morgan fingerprint density at radius 2 is 2.08 bits per heavy atom. The van der Waals surface area contributed by atoms with E-state index in [4.69, 9.17) is 5.11 Å². The first-order chi connectivity index (χ1) is 5.93. The highest BCUT2D eigenvalue weighted by molar-refractivity contribution is 5.70. The van der Waals surface area contributed by atoms with Gasteiger partial charge in [0.05, 0.1) is 5.92 Å². The first-order valence-electron chi connectivity index (χ1n) is 4.86. The van der Waals surface area contributed by atoms with Crippen molar-refractivity contribution in [1.82, 2.24) is 5.32 Å². The van der Waals surface area contributed by atoms with Gasteiger partial charge in [-0.1, -0.05) is 20.8 Å². The summed E-state index contributed by atoms with van der Waals surface area (Å²) in [7, 11) is 0. The zero-order valence-corrected chi connectivity index (χ0v) is 8.63. The van der Waals surface area contributed by atoms with Crippen LogP contribution in [-0.2, 0) is 4.79 Å². The van der Waals surface area contributed by atoms with E-state index in [-0.39, 0.29) is 17.3 Å². The zero-order valence-electron chi connectivity index (χ0n) is 8.63. The molecule has 0 bridgehead atoms. The van der Waals surface area contributed by atoms with Gasteiger partial charge < -0.3 is 10.4 Å². The topological polar surface area (TPSA) is 49.3 Å². The summed E-state index contributed by atoms with van der Waals surface area (Å²) in [5, 5.41) is 12.3. The van der Waals surface area contributed by atoms with E-state index in [1.807, 2.05) is 0 Å². The summed E-state index contributed by atoms with van der Waals surface area (Å²) in [6.07, 6.45) is 0.761. The fraction of sp³-hybridized carbons (Fsp3) is 0.900. The molecule has 3 nitrogen and oxygen atoms in total. The van der Waals surface area contributed by atoms with Crippen LogP contribution in [0.4, 0.5) is 0 Å². The minimum absolute atomic E-state index is 0.0798. The molecular formula is C10H19NO2. The van der Waals surface area contributed by atoms with Gasteiger partial charge in [0, 0.05) is 0 Å². The fourth-order valence-electron chi connectivity index (χ4n) is 2.06. The van der Waals surface area contributed by atoms with Crippen LogP contribution in [0.2, 0.25) is 0 Å². The molecule has 1 saturated heterocycles. The van der Waals surface area contributed by atoms with Crippen molar-refractivity contribution in [2.24, 2.45) is 17.3 Å². The van der Waals surface area contributed by atoms with Crippen molar-refractivity contribution in [2.45, 2.75) is 27.2 Å². The monoisotopic (exact) mass is 185 g/mol. The highest BCUT2D eigenvalue weighted by Crippen LogP contribution is 2.35. The molecule has 1 fully saturated rings. The van der Waals surface area contributed by atoms with Crippen LogP contribution in [-0.4, -0.2) is 24.2 Å². The van der Waals surface area contributed by atoms with Crippen LogP contribution in [0.15, 0.2) is 0 Å². The van der Waals surface area contributed by atoms with Gasteiger partial charge >= 0.3 is 5.97 Å². The number of hydrogen-bond donors (Lipinski definition) is 2. The average molecular weight is 185 g/mol. The van der Waals surface area contributed by atoms with Crippen molar-refractivity contribution in [1.29, 1.82) is 0 Å². The van der Waals surface area contributed by atoms with Crippen LogP contribution >= 0.6 is 0 Å². The first-order valence-corrected chi connectivity index (χ1v) is 4.86. The minimum Gasteiger partial charge on any atom is -0.481 e. The smallest absolute Gasteiger partial charge is 0.306 e. The Morgan fingerprint density at radius 3 is 2.46 bits per heavy atom. The van der Waals surface area contributed by atoms with Gasteiger partial charge in [-0.2, -0.15) is 0 Å². The third kappa shape index (κ3) is 2.44. The van der Waals surface area contributed by atoms with Crippen molar-refractivity contribution in [3.8, 4) is 0 Å². The Labute approximate surface area is 79.5 Å². The first kappa shape index (κ1) is 10.5. The van der Waals surface area contributed by atoms with Crippen LogP contribution in [0.3, 0.4) is 0 Å². The molecule has 3 heteroatoms. The molecule has 2 unspecified atom stereocenters. The average Bonchev–Trinajstić information content (AvgIpc) is 2.03. The third-order valence-corrected chi connectivity index (χ3v) is 2.91. The zero-order chi connectivity index (χ0) is 10.1. The molecule has 13 heavy (non-hydrogen) atoms. The second kappa shape index (κ2) is 3.66. The number of carboxylic acids is 1. The summed E-state index contributed by atoms with van der Waals surface area (Å²) < 4.78 is 0. The van der Waals surface area contributed by atoms with Gasteiger partial charge in [-0.25, -0.2) is 0 Å². The predicted molar refractivity (Wildman–Crippen MR) is 51.6 cm³/mol. The minimum atomic E-state index is -0.638. The number of nitrogens with one attached hydrogen (secondary N) is 1. The van der Waals surface area contributed by atoms with E-state index in [0.717, 1.165) is 19.5 Å². The molecule has 1 rings (SSSR count). The Bertz CT molecular complexity index is 196. The molecule has 0 saturated carbocycles. The number of piperidine rings is 1. The van der Waals surface area contributed by atoms with E-state index in [2.05, 4.69) is 26.1 Å². The maximum absolute atomic E-state index is 11.0. The standard InChI is InChI=1S/C10H19NO2/c1-10(2,3)8-6-11-5-4-7(8)9(12)13/h7-8,11H,4-6H2,1-3H3,(H,12,13). The number of aliphatic carboxylic acids is 1. The SMILES string of the molecule is CC(C)(C)C1CNCCC1C(=O)O. The summed E-state index contributed by atoms with van der Waals surface area (Å²) in [6.45, 7) is 8.01. The lowest BCUT2D eigenvalue weighted by Crippen LogP contribution is -2.45. The van der Waals surface area contributed by atoms with Gasteiger partial charge in [0.15, 0.2) is 0 Å². The van der Waals surface area contributed by atoms with E-state index in [1.54, 1.807) is 0 Å². The number of carbonyl (C=O) groups is 1. The van der Waals surface area contributed by atoms with Gasteiger partial charge in [0.25, 0.3) is 0 Å². The predicted octanol–water partition coefficient (Wildman–Crippen LogP) is 1.34. The Hall–Kier alpha value is -0.570. The summed E-state index contributed by atoms with van der Waals surface area (Å²) in [5.74, 6) is -0.554. The molecule has 0 amide bonds. The van der Waals surface area contributed by atoms with Crippen LogP contribution in [0.25, 0.3) is 0 Å². The molecule has 0 aromatic heterocycles. The highest BCUT2D eigenvalue weighted by atomic mass is 16.4. The van der Waals surface area contributed by atoms with E-state index in [1.165, 1.54) is 0 Å². The molecule has 0 radical (unpaired) electrons. The van der Waals surface area contributed by atoms with E-state index in [9.17, 15) is 4.79 Å². The second-order valence-electron chi connectivity index (χ2n) is 4.91. The third-order valence-electron chi connectivity index (χ3n) is 2.91. The molecule has 0 aromatic rings. The number of rotatable bonds is 1. The number of hydrogen-bond acceptors (Lipinski definition) is 2. The van der Waals surface area contributed by atoms with Crippen LogP contribution in [0.5, 0.6) is 0 Å². The van der Waals surface area contributed by atoms with Crippen LogP contribution in [0.1, 0.15) is 27.2 Å². The van der Waals surface area contributed by atoms with Crippen molar-refractivity contribution in [2.75, 3.05) is 13.1 Å². The van der Waals surface area contributed by atoms with Gasteiger partial charge in [0.1, 0.15) is 0 Å². The quantitative estimate of drug-likeness (QED) is 0.648. The summed E-state index contributed by atoms with van der Waals surface area (Å²) >= 11 is 0. The van der Waals surface area contributed by atoms with Gasteiger partial charge in [-0.05, 0) is 30.8 Å². The lowest BCUT2D eigenvalue weighted by Gasteiger charge is -2.38. The summed E-state index contributed by atoms with van der Waals surface area (Å²) in [5.41, 5.74) is 0.0798. The van der Waals surface area contributed by atoms with Crippen molar-refractivity contribution >= 4 is 5.97 Å². The van der Waals surface area contributed by atoms with Crippen molar-refractivity contribution in [3.63, 3.8) is 0 Å². The van der Waals surface area contributed by atoms with Crippen LogP contribution < -0.4 is 5.32 Å². The van der Waals surface area contributed by atoms with Gasteiger partial charge in [-0.15, -0.1) is 0 Å². The van der Waals surface area contributed by atoms with E-state index >= 15 is 0 Å². The fourth-order valence-corrected chi connectivity index (χ4v) is 2.06. The molecule has 2 N–H and O–H groups in total. The summed E-state index contributed by atoms with van der Waals surface area (Å²) in [4.78, 5) is 11.0. The normalized spacial score (nSPS) is 30.1. The lowest BCUT2D eigenvalue weighted by atomic mass is 9.70. The maximum atomic E-state index is 11.0. The Balaban J connectivity index is 2.73. The molecule has 0 spiro atoms. The lowest BCUT2D eigenvalue weighted by molar-refractivity contribution is -0.146. The van der Waals surface area contributed by atoms with Gasteiger partial charge in [-0.3, -0.25) is 4.79 Å². The molecule has 76 valence electrons. The molecule has 1 aliphatic rings. The molecule has 0 aliphatic carbocycles. The van der Waals surface area contributed by atoms with Crippen LogP contribution in [0, 0.1) is 17.3 Å². The molecular weight excluding hydrogens is 166 g/mol. The van der Waals surface area contributed by atoms with Crippen molar-refractivity contribution in [3.05, 3.63) is 0 Å². The molecule has 2 atom stereocenters. The maximum Gasteiger partial charge on any atom is 0.306 e.